The van der Waals surface area contributed by atoms with E-state index in [9.17, 15) is 9.18 Å². The Balaban J connectivity index is 2.35. The number of rotatable bonds is 5. The molecule has 0 aliphatic carbocycles. The van der Waals surface area contributed by atoms with E-state index in [1.165, 1.54) is 11.8 Å². The molecular weight excluding hydrogens is 217 g/mol. The highest BCUT2D eigenvalue weighted by Crippen LogP contribution is 2.25. The third-order valence-electron chi connectivity index (χ3n) is 2.60. The van der Waals surface area contributed by atoms with Gasteiger partial charge in [-0.15, -0.1) is 11.8 Å². The predicted molar refractivity (Wildman–Crippen MR) is 60.1 cm³/mol. The Bertz CT molecular complexity index is 225. The molecule has 1 aliphatic rings. The maximum absolute atomic E-state index is 13.2. The number of thioether (sulfide) groups is 1. The van der Waals surface area contributed by atoms with E-state index < -0.39 is 12.1 Å². The van der Waals surface area contributed by atoms with Gasteiger partial charge in [-0.05, 0) is 20.3 Å². The van der Waals surface area contributed by atoms with E-state index in [0.29, 0.717) is 24.8 Å². The van der Waals surface area contributed by atoms with Crippen LogP contribution in [-0.2, 0) is 4.79 Å². The lowest BCUT2D eigenvalue weighted by atomic mass is 10.2. The molecule has 0 bridgehead atoms. The molecule has 0 amide bonds. The van der Waals surface area contributed by atoms with Crippen LogP contribution in [-0.4, -0.2) is 52.3 Å². The maximum atomic E-state index is 13.2. The van der Waals surface area contributed by atoms with E-state index >= 15 is 0 Å². The van der Waals surface area contributed by atoms with Gasteiger partial charge in [-0.2, -0.15) is 0 Å². The number of halogens is 1. The van der Waals surface area contributed by atoms with E-state index in [2.05, 4.69) is 4.90 Å². The van der Waals surface area contributed by atoms with Gasteiger partial charge in [0.25, 0.3) is 0 Å². The monoisotopic (exact) mass is 235 g/mol. The summed E-state index contributed by atoms with van der Waals surface area (Å²) in [5, 5.41) is 8.51. The summed E-state index contributed by atoms with van der Waals surface area (Å²) >= 11 is 1.37. The number of likely N-dealkylation sites (tertiary alicyclic amines) is 1. The molecule has 1 heterocycles. The summed E-state index contributed by atoms with van der Waals surface area (Å²) in [6.45, 7) is 4.59. The Labute approximate surface area is 94.0 Å². The molecule has 3 nitrogen and oxygen atoms in total. The van der Waals surface area contributed by atoms with Crippen LogP contribution >= 0.6 is 11.8 Å². The van der Waals surface area contributed by atoms with Gasteiger partial charge in [0.05, 0.1) is 5.75 Å². The average Bonchev–Trinajstić information content (AvgIpc) is 2.46. The summed E-state index contributed by atoms with van der Waals surface area (Å²) in [6, 6.07) is 0.533. The fraction of sp³-hybridized carbons (Fsp3) is 0.900. The van der Waals surface area contributed by atoms with E-state index in [1.54, 1.807) is 0 Å². The Hall–Kier alpha value is -0.290. The van der Waals surface area contributed by atoms with Crippen molar-refractivity contribution in [1.82, 2.24) is 4.90 Å². The second-order valence-electron chi connectivity index (χ2n) is 4.19. The molecule has 88 valence electrons. The molecule has 0 aromatic heterocycles. The molecule has 0 spiro atoms. The minimum atomic E-state index is -0.800. The SMILES string of the molecule is CC(C)N1CC(F)CC1CSCC(=O)O. The first-order valence-electron chi connectivity index (χ1n) is 5.20. The Kier molecular flexibility index (Phi) is 4.86. The van der Waals surface area contributed by atoms with Crippen LogP contribution in [0.2, 0.25) is 0 Å². The second kappa shape index (κ2) is 5.70. The van der Waals surface area contributed by atoms with E-state index in [4.69, 9.17) is 5.11 Å². The highest BCUT2D eigenvalue weighted by molar-refractivity contribution is 7.99. The predicted octanol–water partition coefficient (Wildman–Crippen LogP) is 1.63. The zero-order valence-corrected chi connectivity index (χ0v) is 9.97. The molecule has 2 unspecified atom stereocenters. The van der Waals surface area contributed by atoms with Gasteiger partial charge >= 0.3 is 5.97 Å². The number of carboxylic acid groups (broad SMARTS) is 1. The summed E-state index contributed by atoms with van der Waals surface area (Å²) in [5.41, 5.74) is 0. The van der Waals surface area contributed by atoms with Crippen molar-refractivity contribution < 1.29 is 14.3 Å². The molecule has 0 saturated carbocycles. The minimum Gasteiger partial charge on any atom is -0.481 e. The van der Waals surface area contributed by atoms with Crippen LogP contribution in [0.25, 0.3) is 0 Å². The van der Waals surface area contributed by atoms with Crippen LogP contribution in [0.1, 0.15) is 20.3 Å². The first kappa shape index (κ1) is 12.8. The summed E-state index contributed by atoms with van der Waals surface area (Å²) in [4.78, 5) is 12.5. The van der Waals surface area contributed by atoms with Crippen molar-refractivity contribution in [2.45, 2.75) is 38.5 Å². The van der Waals surface area contributed by atoms with Crippen molar-refractivity contribution in [2.24, 2.45) is 0 Å². The molecule has 2 atom stereocenters. The Morgan fingerprint density at radius 2 is 2.33 bits per heavy atom. The van der Waals surface area contributed by atoms with Gasteiger partial charge in [-0.1, -0.05) is 0 Å². The molecule has 15 heavy (non-hydrogen) atoms. The van der Waals surface area contributed by atoms with Gasteiger partial charge in [0.1, 0.15) is 6.17 Å². The molecular formula is C10H18FNO2S. The molecule has 0 radical (unpaired) electrons. The van der Waals surface area contributed by atoms with Crippen LogP contribution in [0.3, 0.4) is 0 Å². The van der Waals surface area contributed by atoms with Gasteiger partial charge in [-0.3, -0.25) is 9.69 Å². The lowest BCUT2D eigenvalue weighted by molar-refractivity contribution is -0.133. The topological polar surface area (TPSA) is 40.5 Å². The first-order valence-corrected chi connectivity index (χ1v) is 6.35. The average molecular weight is 235 g/mol. The molecule has 0 aromatic rings. The smallest absolute Gasteiger partial charge is 0.313 e. The number of hydrogen-bond acceptors (Lipinski definition) is 3. The van der Waals surface area contributed by atoms with Crippen molar-refractivity contribution in [1.29, 1.82) is 0 Å². The maximum Gasteiger partial charge on any atom is 0.313 e. The third-order valence-corrected chi connectivity index (χ3v) is 3.68. The lowest BCUT2D eigenvalue weighted by Crippen LogP contribution is -2.37. The molecule has 1 fully saturated rings. The second-order valence-corrected chi connectivity index (χ2v) is 5.22. The summed E-state index contributed by atoms with van der Waals surface area (Å²) in [7, 11) is 0. The van der Waals surface area contributed by atoms with Gasteiger partial charge < -0.3 is 5.11 Å². The molecule has 1 aliphatic heterocycles. The largest absolute Gasteiger partial charge is 0.481 e. The Morgan fingerprint density at radius 3 is 2.87 bits per heavy atom. The number of aliphatic carboxylic acids is 1. The van der Waals surface area contributed by atoms with Gasteiger partial charge in [0, 0.05) is 24.4 Å². The van der Waals surface area contributed by atoms with Gasteiger partial charge in [0.2, 0.25) is 0 Å². The first-order chi connectivity index (χ1) is 7.00. The molecule has 0 aromatic carbocycles. The van der Waals surface area contributed by atoms with Crippen molar-refractivity contribution >= 4 is 17.7 Å². The molecule has 1 N–H and O–H groups in total. The minimum absolute atomic E-state index is 0.111. The molecule has 1 rings (SSSR count). The normalized spacial score (nSPS) is 27.5. The van der Waals surface area contributed by atoms with Crippen molar-refractivity contribution in [3.8, 4) is 0 Å². The van der Waals surface area contributed by atoms with E-state index in [-0.39, 0.29) is 11.8 Å². The fourth-order valence-corrected chi connectivity index (χ4v) is 2.85. The van der Waals surface area contributed by atoms with E-state index in [1.807, 2.05) is 13.8 Å². The standard InChI is InChI=1S/C10H18FNO2S/c1-7(2)12-4-8(11)3-9(12)5-15-6-10(13)14/h7-9H,3-6H2,1-2H3,(H,13,14). The lowest BCUT2D eigenvalue weighted by Gasteiger charge is -2.27. The summed E-state index contributed by atoms with van der Waals surface area (Å²) < 4.78 is 13.2. The van der Waals surface area contributed by atoms with Crippen molar-refractivity contribution in [3.05, 3.63) is 0 Å². The van der Waals surface area contributed by atoms with Crippen LogP contribution < -0.4 is 0 Å². The highest BCUT2D eigenvalue weighted by atomic mass is 32.2. The number of nitrogens with zero attached hydrogens (tertiary/aromatic N) is 1. The van der Waals surface area contributed by atoms with Crippen LogP contribution in [0, 0.1) is 0 Å². The summed E-state index contributed by atoms with van der Waals surface area (Å²) in [5.74, 6) is 0.0236. The molecule has 5 heteroatoms. The van der Waals surface area contributed by atoms with Gasteiger partial charge in [-0.25, -0.2) is 4.39 Å². The van der Waals surface area contributed by atoms with Crippen molar-refractivity contribution in [3.63, 3.8) is 0 Å². The number of carbonyl (C=O) groups is 1. The summed E-state index contributed by atoms with van der Waals surface area (Å²) in [6.07, 6.45) is -0.201. The number of alkyl halides is 1. The zero-order valence-electron chi connectivity index (χ0n) is 9.15. The Morgan fingerprint density at radius 1 is 1.67 bits per heavy atom. The number of carboxylic acids is 1. The van der Waals surface area contributed by atoms with Gasteiger partial charge in [0.15, 0.2) is 0 Å². The van der Waals surface area contributed by atoms with Crippen LogP contribution in [0.15, 0.2) is 0 Å². The van der Waals surface area contributed by atoms with E-state index in [0.717, 1.165) is 0 Å². The zero-order chi connectivity index (χ0) is 11.4. The number of hydrogen-bond donors (Lipinski definition) is 1. The van der Waals surface area contributed by atoms with Crippen LogP contribution in [0.4, 0.5) is 4.39 Å². The fourth-order valence-electron chi connectivity index (χ4n) is 1.96. The van der Waals surface area contributed by atoms with Crippen LogP contribution in [0.5, 0.6) is 0 Å². The quantitative estimate of drug-likeness (QED) is 0.786. The molecule has 1 saturated heterocycles. The highest BCUT2D eigenvalue weighted by Gasteiger charge is 2.33. The van der Waals surface area contributed by atoms with Crippen molar-refractivity contribution in [2.75, 3.05) is 18.1 Å². The third kappa shape index (κ3) is 3.99.